The molecule has 0 saturated carbocycles. The van der Waals surface area contributed by atoms with Crippen LogP contribution in [0, 0.1) is 25.5 Å². The van der Waals surface area contributed by atoms with Crippen LogP contribution in [0.2, 0.25) is 0 Å². The van der Waals surface area contributed by atoms with Crippen LogP contribution in [0.3, 0.4) is 0 Å². The lowest BCUT2D eigenvalue weighted by molar-refractivity contribution is 0.450. The van der Waals surface area contributed by atoms with Gasteiger partial charge in [0.05, 0.1) is 0 Å². The number of halogens is 2. The van der Waals surface area contributed by atoms with Gasteiger partial charge >= 0.3 is 7.69 Å². The van der Waals surface area contributed by atoms with E-state index in [1.54, 1.807) is 12.1 Å². The summed E-state index contributed by atoms with van der Waals surface area (Å²) in [7, 11) is -0.103. The van der Waals surface area contributed by atoms with Crippen molar-refractivity contribution in [3.05, 3.63) is 59.2 Å². The van der Waals surface area contributed by atoms with Gasteiger partial charge < -0.3 is 9.31 Å². The van der Waals surface area contributed by atoms with Crippen molar-refractivity contribution in [3.8, 4) is 11.5 Å². The molecule has 0 saturated heterocycles. The molecule has 19 heavy (non-hydrogen) atoms. The molecule has 0 heterocycles. The topological polar surface area (TPSA) is 18.5 Å². The predicted octanol–water partition coefficient (Wildman–Crippen LogP) is 3.31. The minimum Gasteiger partial charge on any atom is -0.528 e. The minimum atomic E-state index is -0.373. The van der Waals surface area contributed by atoms with Gasteiger partial charge in [0.2, 0.25) is 0 Å². The molecule has 2 aromatic carbocycles. The summed E-state index contributed by atoms with van der Waals surface area (Å²) in [6.45, 7) is 3.62. The molecule has 0 aliphatic rings. The summed E-state index contributed by atoms with van der Waals surface area (Å²) >= 11 is 0. The molecule has 98 valence electrons. The average Bonchev–Trinajstić information content (AvgIpc) is 2.38. The smallest absolute Gasteiger partial charge is 0.528 e. The Hall–Kier alpha value is -2.04. The molecule has 0 radical (unpaired) electrons. The Morgan fingerprint density at radius 3 is 1.63 bits per heavy atom. The fraction of sp³-hybridized carbons (Fsp3) is 0.143. The predicted molar refractivity (Wildman–Crippen MR) is 70.7 cm³/mol. The van der Waals surface area contributed by atoms with Crippen LogP contribution in [0.5, 0.6) is 11.5 Å². The van der Waals surface area contributed by atoms with E-state index in [1.165, 1.54) is 24.3 Å². The van der Waals surface area contributed by atoms with Crippen LogP contribution in [-0.4, -0.2) is 7.69 Å². The van der Waals surface area contributed by atoms with E-state index in [-0.39, 0.29) is 19.3 Å². The van der Waals surface area contributed by atoms with E-state index >= 15 is 0 Å². The van der Waals surface area contributed by atoms with E-state index in [2.05, 4.69) is 0 Å². The van der Waals surface area contributed by atoms with Crippen LogP contribution in [0.15, 0.2) is 36.4 Å². The van der Waals surface area contributed by atoms with Gasteiger partial charge in [-0.05, 0) is 37.1 Å². The highest BCUT2D eigenvalue weighted by atomic mass is 19.1. The van der Waals surface area contributed by atoms with Crippen molar-refractivity contribution in [3.63, 3.8) is 0 Å². The van der Waals surface area contributed by atoms with Crippen LogP contribution in [0.25, 0.3) is 0 Å². The normalized spacial score (nSPS) is 10.1. The Labute approximate surface area is 111 Å². The van der Waals surface area contributed by atoms with Crippen LogP contribution in [0.4, 0.5) is 8.78 Å². The number of hydrogen-bond donors (Lipinski definition) is 0. The molecule has 0 aliphatic carbocycles. The standard InChI is InChI=1S/C14H13BF2O2/c1-9-3-5-11(16)7-13(9)18-15-19-14-8-12(17)6-4-10(14)2/h3-8,15H,1-2H3. The van der Waals surface area contributed by atoms with Gasteiger partial charge in [0.15, 0.2) is 0 Å². The average molecular weight is 262 g/mol. The van der Waals surface area contributed by atoms with Crippen LogP contribution in [-0.2, 0) is 0 Å². The van der Waals surface area contributed by atoms with Crippen molar-refractivity contribution >= 4 is 7.69 Å². The lowest BCUT2D eigenvalue weighted by Crippen LogP contribution is -2.12. The van der Waals surface area contributed by atoms with Crippen LogP contribution >= 0.6 is 0 Å². The van der Waals surface area contributed by atoms with E-state index in [4.69, 9.17) is 9.31 Å². The first-order chi connectivity index (χ1) is 9.06. The molecule has 0 atom stereocenters. The molecule has 2 nitrogen and oxygen atoms in total. The van der Waals surface area contributed by atoms with E-state index in [9.17, 15) is 8.78 Å². The second kappa shape index (κ2) is 5.74. The summed E-state index contributed by atoms with van der Waals surface area (Å²) in [6, 6.07) is 8.55. The second-order valence-corrected chi connectivity index (χ2v) is 4.23. The van der Waals surface area contributed by atoms with Crippen molar-refractivity contribution in [2.45, 2.75) is 13.8 Å². The summed E-state index contributed by atoms with van der Waals surface area (Å²) in [5.41, 5.74) is 1.61. The maximum absolute atomic E-state index is 13.0. The quantitative estimate of drug-likeness (QED) is 0.787. The molecule has 5 heteroatoms. The molecule has 0 bridgehead atoms. The number of hydrogen-bond acceptors (Lipinski definition) is 2. The third-order valence-corrected chi connectivity index (χ3v) is 2.73. The van der Waals surface area contributed by atoms with Gasteiger partial charge in [-0.25, -0.2) is 8.78 Å². The maximum atomic E-state index is 13.0. The Morgan fingerprint density at radius 2 is 1.21 bits per heavy atom. The zero-order valence-electron chi connectivity index (χ0n) is 10.7. The monoisotopic (exact) mass is 262 g/mol. The van der Waals surface area contributed by atoms with Crippen molar-refractivity contribution in [2.24, 2.45) is 0 Å². The second-order valence-electron chi connectivity index (χ2n) is 4.23. The largest absolute Gasteiger partial charge is 0.576 e. The van der Waals surface area contributed by atoms with E-state index in [1.807, 2.05) is 13.8 Å². The van der Waals surface area contributed by atoms with Crippen molar-refractivity contribution in [2.75, 3.05) is 0 Å². The maximum Gasteiger partial charge on any atom is 0.576 e. The summed E-state index contributed by atoms with van der Waals surface area (Å²) in [5, 5.41) is 0. The van der Waals surface area contributed by atoms with Gasteiger partial charge in [-0.1, -0.05) is 12.1 Å². The first-order valence-corrected chi connectivity index (χ1v) is 5.84. The highest BCUT2D eigenvalue weighted by molar-refractivity contribution is 6.20. The van der Waals surface area contributed by atoms with E-state index < -0.39 is 0 Å². The highest BCUT2D eigenvalue weighted by Gasteiger charge is 2.06. The fourth-order valence-corrected chi connectivity index (χ4v) is 1.62. The number of rotatable bonds is 4. The van der Waals surface area contributed by atoms with Gasteiger partial charge in [-0.15, -0.1) is 0 Å². The molecule has 2 rings (SSSR count). The van der Waals surface area contributed by atoms with Gasteiger partial charge in [-0.2, -0.15) is 0 Å². The summed E-state index contributed by atoms with van der Waals surface area (Å²) in [6.07, 6.45) is 0. The van der Waals surface area contributed by atoms with Gasteiger partial charge in [0.25, 0.3) is 0 Å². The van der Waals surface area contributed by atoms with E-state index in [0.29, 0.717) is 11.5 Å². The number of benzene rings is 2. The molecule has 0 aliphatic heterocycles. The molecule has 2 aromatic rings. The van der Waals surface area contributed by atoms with Gasteiger partial charge in [0, 0.05) is 12.1 Å². The Bertz CT molecular complexity index is 536. The Morgan fingerprint density at radius 1 is 0.789 bits per heavy atom. The molecule has 0 unspecified atom stereocenters. The van der Waals surface area contributed by atoms with Crippen molar-refractivity contribution < 1.29 is 18.1 Å². The molecular formula is C14H13BF2O2. The molecule has 0 amide bonds. The van der Waals surface area contributed by atoms with Crippen molar-refractivity contribution in [1.29, 1.82) is 0 Å². The van der Waals surface area contributed by atoms with E-state index in [0.717, 1.165) is 11.1 Å². The molecule has 0 spiro atoms. The lowest BCUT2D eigenvalue weighted by atomic mass is 10.2. The lowest BCUT2D eigenvalue weighted by Gasteiger charge is -2.11. The molecular weight excluding hydrogens is 249 g/mol. The summed E-state index contributed by atoms with van der Waals surface area (Å²) in [5.74, 6) is 0.0770. The Balaban J connectivity index is 2.00. The molecule has 0 fully saturated rings. The SMILES string of the molecule is Cc1ccc(F)cc1OBOc1cc(F)ccc1C. The fourth-order valence-electron chi connectivity index (χ4n) is 1.62. The third-order valence-electron chi connectivity index (χ3n) is 2.73. The molecule has 0 aromatic heterocycles. The zero-order valence-corrected chi connectivity index (χ0v) is 10.7. The van der Waals surface area contributed by atoms with Crippen LogP contribution < -0.4 is 9.31 Å². The highest BCUT2D eigenvalue weighted by Crippen LogP contribution is 2.20. The third kappa shape index (κ3) is 3.47. The molecule has 0 N–H and O–H groups in total. The van der Waals surface area contributed by atoms with Crippen LogP contribution in [0.1, 0.15) is 11.1 Å². The van der Waals surface area contributed by atoms with Gasteiger partial charge in [0.1, 0.15) is 23.1 Å². The first-order valence-electron chi connectivity index (χ1n) is 5.84. The summed E-state index contributed by atoms with van der Waals surface area (Å²) in [4.78, 5) is 0. The Kier molecular flexibility index (Phi) is 4.05. The summed E-state index contributed by atoms with van der Waals surface area (Å²) < 4.78 is 36.8. The minimum absolute atomic E-state index is 0.103. The zero-order chi connectivity index (χ0) is 13.8. The van der Waals surface area contributed by atoms with Crippen molar-refractivity contribution in [1.82, 2.24) is 0 Å². The number of aryl methyl sites for hydroxylation is 2. The van der Waals surface area contributed by atoms with Gasteiger partial charge in [-0.3, -0.25) is 0 Å². The first kappa shape index (κ1) is 13.4.